The lowest BCUT2D eigenvalue weighted by Crippen LogP contribution is -2.33. The zero-order chi connectivity index (χ0) is 14.5. The van der Waals surface area contributed by atoms with E-state index in [0.717, 1.165) is 5.56 Å². The Balaban J connectivity index is 1.94. The average molecular weight is 309 g/mol. The number of carbonyl (C=O) groups is 1. The minimum Gasteiger partial charge on any atom is -0.467 e. The fraction of sp³-hybridized carbons (Fsp3) is 0.143. The summed E-state index contributed by atoms with van der Waals surface area (Å²) in [4.78, 5) is 12.0. The maximum atomic E-state index is 11.9. The number of benzene rings is 1. The van der Waals surface area contributed by atoms with Gasteiger partial charge in [0.1, 0.15) is 5.76 Å². The van der Waals surface area contributed by atoms with Gasteiger partial charge in [0.2, 0.25) is 0 Å². The molecule has 0 radical (unpaired) electrons. The minimum absolute atomic E-state index is 0.0979. The zero-order valence-electron chi connectivity index (χ0n) is 10.8. The smallest absolute Gasteiger partial charge is 0.283 e. The SMILES string of the molecule is Cc1c(Cl)cccc1NC(=O)C(=S)NCc1ccco1. The fourth-order valence-corrected chi connectivity index (χ4v) is 1.88. The van der Waals surface area contributed by atoms with E-state index in [1.807, 2.05) is 6.92 Å². The second-order valence-electron chi connectivity index (χ2n) is 4.13. The Labute approximate surface area is 127 Å². The monoisotopic (exact) mass is 308 g/mol. The maximum Gasteiger partial charge on any atom is 0.283 e. The first kappa shape index (κ1) is 14.6. The van der Waals surface area contributed by atoms with Crippen LogP contribution in [0.25, 0.3) is 0 Å². The van der Waals surface area contributed by atoms with Crippen LogP contribution in [0.5, 0.6) is 0 Å². The van der Waals surface area contributed by atoms with Gasteiger partial charge < -0.3 is 15.1 Å². The Morgan fingerprint density at radius 3 is 2.85 bits per heavy atom. The Morgan fingerprint density at radius 1 is 1.35 bits per heavy atom. The van der Waals surface area contributed by atoms with E-state index in [4.69, 9.17) is 28.2 Å². The van der Waals surface area contributed by atoms with Gasteiger partial charge in [-0.1, -0.05) is 29.9 Å². The van der Waals surface area contributed by atoms with Gasteiger partial charge in [0.15, 0.2) is 4.99 Å². The van der Waals surface area contributed by atoms with E-state index in [1.54, 1.807) is 36.6 Å². The molecule has 0 unspecified atom stereocenters. The molecule has 0 spiro atoms. The summed E-state index contributed by atoms with van der Waals surface area (Å²) in [6, 6.07) is 8.88. The van der Waals surface area contributed by atoms with Crippen LogP contribution in [0, 0.1) is 6.92 Å². The first-order chi connectivity index (χ1) is 9.58. The first-order valence-corrected chi connectivity index (χ1v) is 6.73. The number of rotatable bonds is 3. The van der Waals surface area contributed by atoms with Crippen molar-refractivity contribution in [1.29, 1.82) is 0 Å². The lowest BCUT2D eigenvalue weighted by atomic mass is 10.2. The zero-order valence-corrected chi connectivity index (χ0v) is 12.3. The van der Waals surface area contributed by atoms with Gasteiger partial charge in [0.25, 0.3) is 5.91 Å². The fourth-order valence-electron chi connectivity index (χ4n) is 1.58. The normalized spacial score (nSPS) is 10.1. The number of anilines is 1. The van der Waals surface area contributed by atoms with E-state index in [0.29, 0.717) is 23.0 Å². The number of halogens is 1. The van der Waals surface area contributed by atoms with Gasteiger partial charge in [-0.2, -0.15) is 0 Å². The molecule has 20 heavy (non-hydrogen) atoms. The standard InChI is InChI=1S/C14H13ClN2O2S/c1-9-11(15)5-2-6-12(9)17-13(18)14(20)16-8-10-4-3-7-19-10/h2-7H,8H2,1H3,(H,16,20)(H,17,18). The summed E-state index contributed by atoms with van der Waals surface area (Å²) < 4.78 is 5.15. The maximum absolute atomic E-state index is 11.9. The Morgan fingerprint density at radius 2 is 2.15 bits per heavy atom. The Bertz CT molecular complexity index is 626. The second-order valence-corrected chi connectivity index (χ2v) is 4.94. The highest BCUT2D eigenvalue weighted by Crippen LogP contribution is 2.22. The van der Waals surface area contributed by atoms with Crippen LogP contribution < -0.4 is 10.6 Å². The Kier molecular flexibility index (Phi) is 4.76. The highest BCUT2D eigenvalue weighted by Gasteiger charge is 2.11. The Hall–Kier alpha value is -1.85. The molecule has 0 aliphatic rings. The molecule has 1 aromatic carbocycles. The molecule has 4 nitrogen and oxygen atoms in total. The highest BCUT2D eigenvalue weighted by molar-refractivity contribution is 7.82. The molecule has 104 valence electrons. The van der Waals surface area contributed by atoms with E-state index in [1.165, 1.54) is 0 Å². The van der Waals surface area contributed by atoms with E-state index < -0.39 is 0 Å². The van der Waals surface area contributed by atoms with Crippen molar-refractivity contribution in [2.24, 2.45) is 0 Å². The van der Waals surface area contributed by atoms with Crippen molar-refractivity contribution in [2.75, 3.05) is 5.32 Å². The van der Waals surface area contributed by atoms with E-state index >= 15 is 0 Å². The van der Waals surface area contributed by atoms with Gasteiger partial charge in [-0.25, -0.2) is 0 Å². The van der Waals surface area contributed by atoms with Crippen molar-refractivity contribution in [2.45, 2.75) is 13.5 Å². The summed E-state index contributed by atoms with van der Waals surface area (Å²) in [7, 11) is 0. The molecule has 0 atom stereocenters. The molecule has 2 aromatic rings. The molecule has 1 aromatic heterocycles. The molecule has 2 rings (SSSR count). The van der Waals surface area contributed by atoms with Crippen LogP contribution in [0.1, 0.15) is 11.3 Å². The summed E-state index contributed by atoms with van der Waals surface area (Å²) in [6.45, 7) is 2.20. The number of furan rings is 1. The summed E-state index contributed by atoms with van der Waals surface area (Å²) in [5, 5.41) is 6.15. The third-order valence-electron chi connectivity index (χ3n) is 2.73. The lowest BCUT2D eigenvalue weighted by molar-refractivity contribution is -0.110. The topological polar surface area (TPSA) is 54.3 Å². The van der Waals surface area contributed by atoms with Crippen LogP contribution in [-0.2, 0) is 11.3 Å². The third-order valence-corrected chi connectivity index (χ3v) is 3.46. The number of thiocarbonyl (C=S) groups is 1. The molecule has 2 N–H and O–H groups in total. The van der Waals surface area contributed by atoms with E-state index in [-0.39, 0.29) is 10.9 Å². The van der Waals surface area contributed by atoms with Gasteiger partial charge in [-0.15, -0.1) is 0 Å². The summed E-state index contributed by atoms with van der Waals surface area (Å²) in [5.74, 6) is 0.330. The predicted octanol–water partition coefficient (Wildman–Crippen LogP) is 3.30. The molecule has 1 amide bonds. The van der Waals surface area contributed by atoms with Crippen molar-refractivity contribution in [3.05, 3.63) is 52.9 Å². The molecule has 0 saturated heterocycles. The number of amides is 1. The number of carbonyl (C=O) groups excluding carboxylic acids is 1. The summed E-state index contributed by atoms with van der Waals surface area (Å²) >= 11 is 11.0. The predicted molar refractivity (Wildman–Crippen MR) is 83.0 cm³/mol. The van der Waals surface area contributed by atoms with Crippen LogP contribution in [0.15, 0.2) is 41.0 Å². The van der Waals surface area contributed by atoms with E-state index in [2.05, 4.69) is 10.6 Å². The van der Waals surface area contributed by atoms with Crippen molar-refractivity contribution in [3.63, 3.8) is 0 Å². The largest absolute Gasteiger partial charge is 0.467 e. The summed E-state index contributed by atoms with van der Waals surface area (Å²) in [6.07, 6.45) is 1.56. The molecular formula is C14H13ClN2O2S. The van der Waals surface area contributed by atoms with Crippen molar-refractivity contribution in [1.82, 2.24) is 5.32 Å². The van der Waals surface area contributed by atoms with Gasteiger partial charge >= 0.3 is 0 Å². The van der Waals surface area contributed by atoms with Gasteiger partial charge in [0, 0.05) is 10.7 Å². The average Bonchev–Trinajstić information content (AvgIpc) is 2.94. The molecule has 6 heteroatoms. The molecule has 0 saturated carbocycles. The van der Waals surface area contributed by atoms with Crippen LogP contribution in [0.3, 0.4) is 0 Å². The van der Waals surface area contributed by atoms with E-state index in [9.17, 15) is 4.79 Å². The molecule has 0 aliphatic heterocycles. The summed E-state index contributed by atoms with van der Waals surface area (Å²) in [5.41, 5.74) is 1.45. The number of hydrogen-bond donors (Lipinski definition) is 2. The first-order valence-electron chi connectivity index (χ1n) is 5.94. The number of nitrogens with one attached hydrogen (secondary N) is 2. The molecule has 0 aliphatic carbocycles. The third kappa shape index (κ3) is 3.59. The second kappa shape index (κ2) is 6.54. The highest BCUT2D eigenvalue weighted by atomic mass is 35.5. The molecule has 1 heterocycles. The lowest BCUT2D eigenvalue weighted by Gasteiger charge is -2.10. The van der Waals surface area contributed by atoms with Crippen LogP contribution in [0.2, 0.25) is 5.02 Å². The quantitative estimate of drug-likeness (QED) is 0.854. The molecule has 0 bridgehead atoms. The number of hydrogen-bond acceptors (Lipinski definition) is 3. The van der Waals surface area contributed by atoms with Gasteiger partial charge in [-0.3, -0.25) is 4.79 Å². The minimum atomic E-state index is -0.378. The van der Waals surface area contributed by atoms with Crippen molar-refractivity contribution < 1.29 is 9.21 Å². The van der Waals surface area contributed by atoms with Crippen molar-refractivity contribution >= 4 is 40.4 Å². The van der Waals surface area contributed by atoms with Crippen LogP contribution in [0.4, 0.5) is 5.69 Å². The van der Waals surface area contributed by atoms with Crippen LogP contribution in [-0.4, -0.2) is 10.9 Å². The van der Waals surface area contributed by atoms with Gasteiger partial charge in [0.05, 0.1) is 12.8 Å². The molecular weight excluding hydrogens is 296 g/mol. The van der Waals surface area contributed by atoms with Gasteiger partial charge in [-0.05, 0) is 36.8 Å². The molecule has 0 fully saturated rings. The van der Waals surface area contributed by atoms with Crippen LogP contribution >= 0.6 is 23.8 Å². The van der Waals surface area contributed by atoms with Crippen molar-refractivity contribution in [3.8, 4) is 0 Å².